The molecule has 186 valence electrons. The van der Waals surface area contributed by atoms with Crippen LogP contribution in [0.5, 0.6) is 0 Å². The molecule has 0 bridgehead atoms. The number of aliphatic carboxylic acids is 1. The quantitative estimate of drug-likeness (QED) is 0.660. The van der Waals surface area contributed by atoms with E-state index in [4.69, 9.17) is 9.84 Å². The summed E-state index contributed by atoms with van der Waals surface area (Å²) in [6.45, 7) is 7.66. The maximum Gasteiger partial charge on any atom is 0.407 e. The minimum atomic E-state index is -0.880. The smallest absolute Gasteiger partial charge is 0.407 e. The maximum atomic E-state index is 13.3. The Bertz CT molecular complexity index is 1060. The molecule has 0 saturated carbocycles. The number of carbonyl (C=O) groups excluding carboxylic acids is 2. The fourth-order valence-corrected chi connectivity index (χ4v) is 4.91. The molecule has 2 aromatic rings. The number of ether oxygens (including phenoxy) is 1. The van der Waals surface area contributed by atoms with E-state index in [2.05, 4.69) is 29.6 Å². The van der Waals surface area contributed by atoms with Crippen LogP contribution in [0.3, 0.4) is 0 Å². The van der Waals surface area contributed by atoms with Gasteiger partial charge in [0, 0.05) is 32.1 Å². The lowest BCUT2D eigenvalue weighted by molar-refractivity contribution is -0.140. The lowest BCUT2D eigenvalue weighted by Crippen LogP contribution is -2.59. The summed E-state index contributed by atoms with van der Waals surface area (Å²) in [7, 11) is 0. The van der Waals surface area contributed by atoms with E-state index in [1.54, 1.807) is 9.80 Å². The van der Waals surface area contributed by atoms with Gasteiger partial charge in [0.15, 0.2) is 0 Å². The normalized spacial score (nSPS) is 16.8. The molecule has 1 atom stereocenters. The zero-order chi connectivity index (χ0) is 25.2. The van der Waals surface area contributed by atoms with Gasteiger partial charge >= 0.3 is 12.1 Å². The highest BCUT2D eigenvalue weighted by atomic mass is 16.5. The van der Waals surface area contributed by atoms with E-state index in [0.29, 0.717) is 26.2 Å². The van der Waals surface area contributed by atoms with E-state index in [0.717, 1.165) is 22.3 Å². The molecule has 1 saturated heterocycles. The number of hydrogen-bond donors (Lipinski definition) is 2. The number of rotatable bonds is 6. The first-order valence-electron chi connectivity index (χ1n) is 12.0. The van der Waals surface area contributed by atoms with Gasteiger partial charge in [0.1, 0.15) is 12.6 Å². The number of fused-ring (bicyclic) bond motifs is 3. The van der Waals surface area contributed by atoms with Crippen molar-refractivity contribution in [1.82, 2.24) is 15.1 Å². The zero-order valence-corrected chi connectivity index (χ0v) is 20.5. The van der Waals surface area contributed by atoms with E-state index in [1.807, 2.05) is 45.0 Å². The van der Waals surface area contributed by atoms with Crippen molar-refractivity contribution in [2.45, 2.75) is 32.7 Å². The summed E-state index contributed by atoms with van der Waals surface area (Å²) in [5.41, 5.74) is 4.04. The molecule has 0 radical (unpaired) electrons. The molecule has 4 rings (SSSR count). The SMILES string of the molecule is CC(C)(C)[C@@H](NC(=O)OCC1c2ccccc2-c2ccccc21)C(=O)N1CCN(CC(=O)O)CC1. The van der Waals surface area contributed by atoms with Crippen molar-refractivity contribution in [1.29, 1.82) is 0 Å². The van der Waals surface area contributed by atoms with E-state index >= 15 is 0 Å². The van der Waals surface area contributed by atoms with Gasteiger partial charge in [-0.05, 0) is 27.7 Å². The van der Waals surface area contributed by atoms with Crippen molar-refractivity contribution in [3.05, 3.63) is 59.7 Å². The van der Waals surface area contributed by atoms with Crippen molar-refractivity contribution < 1.29 is 24.2 Å². The summed E-state index contributed by atoms with van der Waals surface area (Å²) >= 11 is 0. The molecule has 2 N–H and O–H groups in total. The molecule has 2 aliphatic rings. The second-order valence-electron chi connectivity index (χ2n) is 10.3. The minimum absolute atomic E-state index is 0.0390. The van der Waals surface area contributed by atoms with E-state index < -0.39 is 23.5 Å². The molecule has 35 heavy (non-hydrogen) atoms. The fourth-order valence-electron chi connectivity index (χ4n) is 4.91. The van der Waals surface area contributed by atoms with Crippen molar-refractivity contribution in [3.63, 3.8) is 0 Å². The Labute approximate surface area is 205 Å². The highest BCUT2D eigenvalue weighted by molar-refractivity contribution is 5.86. The third-order valence-electron chi connectivity index (χ3n) is 6.76. The predicted octanol–water partition coefficient (Wildman–Crippen LogP) is 3.17. The van der Waals surface area contributed by atoms with Gasteiger partial charge in [0.05, 0.1) is 6.54 Å². The van der Waals surface area contributed by atoms with Crippen LogP contribution >= 0.6 is 0 Å². The van der Waals surface area contributed by atoms with Crippen LogP contribution in [-0.2, 0) is 14.3 Å². The number of alkyl carbamates (subject to hydrolysis) is 1. The first-order chi connectivity index (χ1) is 16.6. The number of carboxylic acids is 1. The molecule has 8 nitrogen and oxygen atoms in total. The third kappa shape index (κ3) is 5.48. The first kappa shape index (κ1) is 24.7. The van der Waals surface area contributed by atoms with Gasteiger partial charge in [-0.3, -0.25) is 14.5 Å². The summed E-state index contributed by atoms with van der Waals surface area (Å²) in [6.07, 6.45) is -0.621. The molecular weight excluding hydrogens is 446 g/mol. The van der Waals surface area contributed by atoms with Crippen LogP contribution < -0.4 is 5.32 Å². The van der Waals surface area contributed by atoms with Gasteiger partial charge in [-0.1, -0.05) is 69.3 Å². The van der Waals surface area contributed by atoms with E-state index in [-0.39, 0.29) is 25.0 Å². The molecule has 0 unspecified atom stereocenters. The summed E-state index contributed by atoms with van der Waals surface area (Å²) in [5.74, 6) is -1.12. The summed E-state index contributed by atoms with van der Waals surface area (Å²) < 4.78 is 5.67. The molecule has 1 fully saturated rings. The predicted molar refractivity (Wildman–Crippen MR) is 132 cm³/mol. The number of nitrogens with zero attached hydrogens (tertiary/aromatic N) is 2. The third-order valence-corrected chi connectivity index (χ3v) is 6.76. The number of nitrogens with one attached hydrogen (secondary N) is 1. The second-order valence-corrected chi connectivity index (χ2v) is 10.3. The molecular formula is C27H33N3O5. The lowest BCUT2D eigenvalue weighted by Gasteiger charge is -2.39. The number of carbonyl (C=O) groups is 3. The molecule has 8 heteroatoms. The van der Waals surface area contributed by atoms with Gasteiger partial charge in [0.25, 0.3) is 0 Å². The monoisotopic (exact) mass is 479 g/mol. The average Bonchev–Trinajstić information content (AvgIpc) is 3.14. The Morgan fingerprint density at radius 1 is 0.971 bits per heavy atom. The van der Waals surface area contributed by atoms with Crippen LogP contribution in [0.1, 0.15) is 37.8 Å². The highest BCUT2D eigenvalue weighted by Gasteiger charge is 2.37. The number of carboxylic acid groups (broad SMARTS) is 1. The Balaban J connectivity index is 1.39. The molecule has 1 heterocycles. The maximum absolute atomic E-state index is 13.3. The molecule has 1 aliphatic carbocycles. The van der Waals surface area contributed by atoms with E-state index in [1.165, 1.54) is 0 Å². The number of benzene rings is 2. The largest absolute Gasteiger partial charge is 0.480 e. The summed E-state index contributed by atoms with van der Waals surface area (Å²) in [5, 5.41) is 11.8. The van der Waals surface area contributed by atoms with Gasteiger partial charge in [-0.2, -0.15) is 0 Å². The van der Waals surface area contributed by atoms with Crippen LogP contribution in [0.2, 0.25) is 0 Å². The highest BCUT2D eigenvalue weighted by Crippen LogP contribution is 2.44. The van der Waals surface area contributed by atoms with E-state index in [9.17, 15) is 14.4 Å². The Morgan fingerprint density at radius 3 is 2.03 bits per heavy atom. The summed E-state index contributed by atoms with van der Waals surface area (Å²) in [6, 6.07) is 15.5. The first-order valence-corrected chi connectivity index (χ1v) is 12.0. The standard InChI is InChI=1S/C27H33N3O5/c1-27(2,3)24(25(33)30-14-12-29(13-15-30)16-23(31)32)28-26(34)35-17-22-20-10-6-4-8-18(20)19-9-5-7-11-21(19)22/h4-11,22,24H,12-17H2,1-3H3,(H,28,34)(H,31,32)/t24-/m0/s1. The number of amides is 2. The molecule has 0 spiro atoms. The van der Waals surface area contributed by atoms with Gasteiger partial charge < -0.3 is 20.1 Å². The molecule has 0 aromatic heterocycles. The molecule has 1 aliphatic heterocycles. The van der Waals surface area contributed by atoms with Gasteiger partial charge in [0.2, 0.25) is 5.91 Å². The number of piperazine rings is 1. The van der Waals surface area contributed by atoms with Crippen molar-refractivity contribution >= 4 is 18.0 Å². The fraction of sp³-hybridized carbons (Fsp3) is 0.444. The molecule has 2 amide bonds. The Hall–Kier alpha value is -3.39. The van der Waals surface area contributed by atoms with Crippen LogP contribution in [-0.4, -0.2) is 78.2 Å². The topological polar surface area (TPSA) is 99.2 Å². The zero-order valence-electron chi connectivity index (χ0n) is 20.5. The molecule has 2 aromatic carbocycles. The van der Waals surface area contributed by atoms with Gasteiger partial charge in [-0.25, -0.2) is 4.79 Å². The average molecular weight is 480 g/mol. The van der Waals surface area contributed by atoms with Gasteiger partial charge in [-0.15, -0.1) is 0 Å². The minimum Gasteiger partial charge on any atom is -0.480 e. The van der Waals surface area contributed by atoms with Crippen molar-refractivity contribution in [3.8, 4) is 11.1 Å². The second kappa shape index (κ2) is 10.1. The Morgan fingerprint density at radius 2 is 1.51 bits per heavy atom. The number of hydrogen-bond acceptors (Lipinski definition) is 5. The Kier molecular flexibility index (Phi) is 7.12. The van der Waals surface area contributed by atoms with Crippen LogP contribution in [0.4, 0.5) is 4.79 Å². The van der Waals surface area contributed by atoms with Crippen LogP contribution in [0, 0.1) is 5.41 Å². The van der Waals surface area contributed by atoms with Crippen molar-refractivity contribution in [2.24, 2.45) is 5.41 Å². The lowest BCUT2D eigenvalue weighted by atomic mass is 9.85. The van der Waals surface area contributed by atoms with Crippen molar-refractivity contribution in [2.75, 3.05) is 39.3 Å². The summed E-state index contributed by atoms with van der Waals surface area (Å²) in [4.78, 5) is 40.6. The van der Waals surface area contributed by atoms with Crippen LogP contribution in [0.25, 0.3) is 11.1 Å². The van der Waals surface area contributed by atoms with Crippen LogP contribution in [0.15, 0.2) is 48.5 Å².